The number of anilines is 1. The standard InChI is InChI=1S/C38H50ClN9O3/c1-38(2,3)33(40)23-35(43-25-12-14-29(39)32(22-25)50-21-20-46(4)5)45-37(49)44-30-15-16-31(28-11-7-6-10-27(28)30)51-26-13-17-34(41)48(24-26)36(42)47-18-8-9-19-47/h6-7,10-14,17,22-24,30-31,40-43H,8-9,15-16,18-21H2,1-5H3,(H2,44,45,49)/b35-23+,40-33?,41-34?,42-36?/t30-,31?/m0/s1. The topological polar surface area (TPSA) is 155 Å². The summed E-state index contributed by atoms with van der Waals surface area (Å²) in [6.45, 7) is 8.65. The molecule has 1 unspecified atom stereocenters. The van der Waals surface area contributed by atoms with Crippen LogP contribution >= 0.6 is 11.6 Å². The second kappa shape index (κ2) is 16.5. The minimum absolute atomic E-state index is 0.226. The van der Waals surface area contributed by atoms with Gasteiger partial charge in [-0.3, -0.25) is 20.7 Å². The van der Waals surface area contributed by atoms with Crippen molar-refractivity contribution in [2.45, 2.75) is 58.6 Å². The molecule has 272 valence electrons. The number of benzene rings is 2. The molecule has 1 aliphatic heterocycles. The highest BCUT2D eigenvalue weighted by atomic mass is 35.5. The fraction of sp³-hybridized carbons (Fsp3) is 0.421. The van der Waals surface area contributed by atoms with Crippen LogP contribution in [-0.4, -0.2) is 72.4 Å². The van der Waals surface area contributed by atoms with Gasteiger partial charge < -0.3 is 35.3 Å². The number of rotatable bonds is 11. The lowest BCUT2D eigenvalue weighted by atomic mass is 9.85. The molecule has 6 N–H and O–H groups in total. The van der Waals surface area contributed by atoms with Gasteiger partial charge in [-0.1, -0.05) is 56.6 Å². The summed E-state index contributed by atoms with van der Waals surface area (Å²) in [5.41, 5.74) is 2.68. The molecule has 1 saturated heterocycles. The Morgan fingerprint density at radius 3 is 2.47 bits per heavy atom. The highest BCUT2D eigenvalue weighted by Gasteiger charge is 2.30. The molecule has 0 spiro atoms. The largest absolute Gasteiger partial charge is 0.491 e. The molecular formula is C38H50ClN9O3. The number of likely N-dealkylation sites (tertiary alicyclic amines) is 1. The molecule has 1 fully saturated rings. The van der Waals surface area contributed by atoms with Crippen LogP contribution in [0, 0.1) is 21.6 Å². The van der Waals surface area contributed by atoms with Crippen molar-refractivity contribution in [1.29, 1.82) is 16.2 Å². The van der Waals surface area contributed by atoms with Crippen LogP contribution in [0.2, 0.25) is 5.02 Å². The highest BCUT2D eigenvalue weighted by Crippen LogP contribution is 2.38. The Kier molecular flexibility index (Phi) is 12.1. The van der Waals surface area contributed by atoms with Crippen LogP contribution in [0.15, 0.2) is 72.7 Å². The molecule has 2 heterocycles. The molecule has 2 atom stereocenters. The maximum atomic E-state index is 13.6. The van der Waals surface area contributed by atoms with Crippen molar-refractivity contribution in [2.24, 2.45) is 5.41 Å². The first-order chi connectivity index (χ1) is 24.3. The summed E-state index contributed by atoms with van der Waals surface area (Å²) in [6, 6.07) is 16.0. The van der Waals surface area contributed by atoms with Crippen molar-refractivity contribution in [3.63, 3.8) is 0 Å². The number of amides is 2. The molecule has 2 aliphatic rings. The number of carbonyl (C=O) groups is 1. The van der Waals surface area contributed by atoms with Crippen LogP contribution in [0.3, 0.4) is 0 Å². The number of ether oxygens (including phenoxy) is 2. The number of likely N-dealkylation sites (N-methyl/N-ethyl adjacent to an activating group) is 1. The Morgan fingerprint density at radius 2 is 1.76 bits per heavy atom. The molecular weight excluding hydrogens is 666 g/mol. The number of urea groups is 1. The zero-order chi connectivity index (χ0) is 36.7. The van der Waals surface area contributed by atoms with Gasteiger partial charge in [0.25, 0.3) is 0 Å². The summed E-state index contributed by atoms with van der Waals surface area (Å²) in [5, 5.41) is 35.5. The quantitative estimate of drug-likeness (QED) is 0.0958. The van der Waals surface area contributed by atoms with E-state index in [-0.39, 0.29) is 23.6 Å². The van der Waals surface area contributed by atoms with Gasteiger partial charge in [-0.05, 0) is 75.2 Å². The molecule has 2 amide bonds. The molecule has 0 bridgehead atoms. The third-order valence-electron chi connectivity index (χ3n) is 8.93. The number of carbonyl (C=O) groups excluding carboxylic acids is 1. The Bertz CT molecular complexity index is 1830. The number of aromatic nitrogens is 1. The van der Waals surface area contributed by atoms with Gasteiger partial charge in [0.2, 0.25) is 5.96 Å². The van der Waals surface area contributed by atoms with Crippen molar-refractivity contribution in [3.05, 3.63) is 94.3 Å². The van der Waals surface area contributed by atoms with E-state index < -0.39 is 11.4 Å². The van der Waals surface area contributed by atoms with Crippen LogP contribution in [-0.2, 0) is 0 Å². The van der Waals surface area contributed by atoms with Crippen LogP contribution < -0.4 is 30.9 Å². The first kappa shape index (κ1) is 37.4. The number of hydrogen-bond donors (Lipinski definition) is 6. The lowest BCUT2D eigenvalue weighted by Gasteiger charge is -2.32. The first-order valence-corrected chi connectivity index (χ1v) is 17.8. The summed E-state index contributed by atoms with van der Waals surface area (Å²) in [6.07, 6.45) is 6.44. The number of halogens is 1. The zero-order valence-electron chi connectivity index (χ0n) is 30.1. The number of nitrogens with one attached hydrogen (secondary N) is 6. The summed E-state index contributed by atoms with van der Waals surface area (Å²) in [4.78, 5) is 17.6. The second-order valence-corrected chi connectivity index (χ2v) is 14.7. The number of hydrogen-bond acceptors (Lipinski definition) is 8. The average Bonchev–Trinajstić information content (AvgIpc) is 3.62. The smallest absolute Gasteiger partial charge is 0.320 e. The minimum Gasteiger partial charge on any atom is -0.491 e. The third-order valence-corrected chi connectivity index (χ3v) is 9.24. The van der Waals surface area contributed by atoms with E-state index in [2.05, 4.69) is 16.0 Å². The van der Waals surface area contributed by atoms with Crippen molar-refractivity contribution < 1.29 is 14.3 Å². The van der Waals surface area contributed by atoms with Crippen molar-refractivity contribution >= 4 is 35.0 Å². The number of nitrogens with zero attached hydrogens (tertiary/aromatic N) is 3. The van der Waals surface area contributed by atoms with Crippen LogP contribution in [0.1, 0.15) is 69.7 Å². The lowest BCUT2D eigenvalue weighted by Crippen LogP contribution is -2.41. The molecule has 3 aromatic rings. The van der Waals surface area contributed by atoms with E-state index in [9.17, 15) is 4.79 Å². The van der Waals surface area contributed by atoms with Crippen LogP contribution in [0.25, 0.3) is 0 Å². The van der Waals surface area contributed by atoms with E-state index in [1.54, 1.807) is 47.2 Å². The van der Waals surface area contributed by atoms with Gasteiger partial charge in [0.1, 0.15) is 35.5 Å². The van der Waals surface area contributed by atoms with Gasteiger partial charge in [-0.25, -0.2) is 4.79 Å². The zero-order valence-corrected chi connectivity index (χ0v) is 30.9. The molecule has 2 aromatic carbocycles. The van der Waals surface area contributed by atoms with E-state index in [1.165, 1.54) is 0 Å². The Morgan fingerprint density at radius 1 is 1.04 bits per heavy atom. The molecule has 1 aromatic heterocycles. The maximum absolute atomic E-state index is 13.6. The summed E-state index contributed by atoms with van der Waals surface area (Å²) in [7, 11) is 3.94. The van der Waals surface area contributed by atoms with Gasteiger partial charge in [0.05, 0.1) is 17.3 Å². The lowest BCUT2D eigenvalue weighted by molar-refractivity contribution is 0.170. The van der Waals surface area contributed by atoms with Gasteiger partial charge in [-0.15, -0.1) is 0 Å². The SMILES string of the molecule is CN(C)CCOc1cc(N/C(=C\C(=N)C(C)(C)C)NC(=O)N[C@H]2CCC(Oc3ccc(=N)n(C(=N)N4CCCC4)c3)c3ccccc32)ccc1Cl. The molecule has 0 radical (unpaired) electrons. The van der Waals surface area contributed by atoms with E-state index in [0.717, 1.165) is 43.6 Å². The highest BCUT2D eigenvalue weighted by molar-refractivity contribution is 6.32. The Hall–Kier alpha value is -4.81. The Labute approximate surface area is 305 Å². The number of fused-ring (bicyclic) bond motifs is 1. The monoisotopic (exact) mass is 715 g/mol. The molecule has 12 nitrogen and oxygen atoms in total. The van der Waals surface area contributed by atoms with Crippen LogP contribution in [0.5, 0.6) is 11.5 Å². The molecule has 51 heavy (non-hydrogen) atoms. The maximum Gasteiger partial charge on any atom is 0.320 e. The van der Waals surface area contributed by atoms with Gasteiger partial charge in [0.15, 0.2) is 0 Å². The van der Waals surface area contributed by atoms with Crippen molar-refractivity contribution in [3.8, 4) is 11.5 Å². The molecule has 5 rings (SSSR count). The fourth-order valence-electron chi connectivity index (χ4n) is 5.96. The predicted octanol–water partition coefficient (Wildman–Crippen LogP) is 6.71. The first-order valence-electron chi connectivity index (χ1n) is 17.4. The van der Waals surface area contributed by atoms with E-state index in [4.69, 9.17) is 37.3 Å². The van der Waals surface area contributed by atoms with Gasteiger partial charge >= 0.3 is 6.03 Å². The third kappa shape index (κ3) is 9.92. The summed E-state index contributed by atoms with van der Waals surface area (Å²) >= 11 is 6.41. The van der Waals surface area contributed by atoms with E-state index in [0.29, 0.717) is 53.2 Å². The van der Waals surface area contributed by atoms with Crippen LogP contribution in [0.4, 0.5) is 10.5 Å². The normalized spacial score (nSPS) is 17.5. The molecule has 1 aliphatic carbocycles. The summed E-state index contributed by atoms with van der Waals surface area (Å²) in [5.74, 6) is 1.72. The predicted molar refractivity (Wildman–Crippen MR) is 202 cm³/mol. The minimum atomic E-state index is -0.447. The summed E-state index contributed by atoms with van der Waals surface area (Å²) < 4.78 is 14.0. The average molecular weight is 716 g/mol. The molecule has 0 saturated carbocycles. The van der Waals surface area contributed by atoms with E-state index in [1.807, 2.05) is 68.9 Å². The fourth-order valence-corrected chi connectivity index (χ4v) is 6.13. The van der Waals surface area contributed by atoms with Gasteiger partial charge in [0, 0.05) is 48.6 Å². The number of pyridine rings is 1. The van der Waals surface area contributed by atoms with E-state index >= 15 is 0 Å². The number of allylic oxidation sites excluding steroid dienone is 1. The molecule has 13 heteroatoms. The van der Waals surface area contributed by atoms with Crippen molar-refractivity contribution in [2.75, 3.05) is 45.7 Å². The Balaban J connectivity index is 1.30. The van der Waals surface area contributed by atoms with Gasteiger partial charge in [-0.2, -0.15) is 0 Å². The van der Waals surface area contributed by atoms with Crippen molar-refractivity contribution in [1.82, 2.24) is 25.0 Å². The second-order valence-electron chi connectivity index (χ2n) is 14.2.